The van der Waals surface area contributed by atoms with E-state index in [-0.39, 0.29) is 17.2 Å². The lowest BCUT2D eigenvalue weighted by Gasteiger charge is -2.06. The SMILES string of the molecule is CC(=NNC(=O)c1ccco1)C(=NO)C(=O)Nc1ccccc1. The Labute approximate surface area is 131 Å². The van der Waals surface area contributed by atoms with E-state index in [1.54, 1.807) is 36.4 Å². The molecule has 0 aliphatic carbocycles. The van der Waals surface area contributed by atoms with E-state index in [1.165, 1.54) is 19.3 Å². The molecular weight excluding hydrogens is 300 g/mol. The zero-order valence-corrected chi connectivity index (χ0v) is 12.2. The van der Waals surface area contributed by atoms with Gasteiger partial charge in [0, 0.05) is 5.69 Å². The Bertz CT molecular complexity index is 736. The van der Waals surface area contributed by atoms with Crippen LogP contribution in [-0.2, 0) is 4.79 Å². The lowest BCUT2D eigenvalue weighted by molar-refractivity contribution is -0.110. The number of oxime groups is 1. The van der Waals surface area contributed by atoms with Gasteiger partial charge in [0.05, 0.1) is 12.0 Å². The number of nitrogens with one attached hydrogen (secondary N) is 2. The standard InChI is InChI=1S/C15H14N4O4/c1-10(17-18-14(20)12-8-5-9-23-12)13(19-22)15(21)16-11-6-3-2-4-7-11/h2-9,22H,1H3,(H,16,21)(H,18,20). The number of anilines is 1. The molecule has 1 heterocycles. The summed E-state index contributed by atoms with van der Waals surface area (Å²) in [5.41, 5.74) is 2.44. The molecule has 8 nitrogen and oxygen atoms in total. The van der Waals surface area contributed by atoms with Crippen LogP contribution in [0.2, 0.25) is 0 Å². The number of carbonyl (C=O) groups excluding carboxylic acids is 2. The highest BCUT2D eigenvalue weighted by molar-refractivity contribution is 6.68. The highest BCUT2D eigenvalue weighted by Crippen LogP contribution is 2.05. The van der Waals surface area contributed by atoms with Crippen molar-refractivity contribution in [3.8, 4) is 0 Å². The van der Waals surface area contributed by atoms with Crippen molar-refractivity contribution in [2.75, 3.05) is 5.32 Å². The third-order valence-corrected chi connectivity index (χ3v) is 2.76. The normalized spacial score (nSPS) is 11.9. The number of hydrazone groups is 1. The summed E-state index contributed by atoms with van der Waals surface area (Å²) in [4.78, 5) is 23.7. The fourth-order valence-electron chi connectivity index (χ4n) is 1.64. The van der Waals surface area contributed by atoms with Crippen molar-refractivity contribution in [1.82, 2.24) is 5.43 Å². The molecule has 118 valence electrons. The van der Waals surface area contributed by atoms with Gasteiger partial charge in [-0.2, -0.15) is 5.10 Å². The van der Waals surface area contributed by atoms with Crippen molar-refractivity contribution in [2.45, 2.75) is 6.92 Å². The quantitative estimate of drug-likeness (QED) is 0.443. The molecule has 23 heavy (non-hydrogen) atoms. The van der Waals surface area contributed by atoms with E-state index in [1.807, 2.05) is 0 Å². The minimum Gasteiger partial charge on any atom is -0.459 e. The molecule has 0 spiro atoms. The fourth-order valence-corrected chi connectivity index (χ4v) is 1.64. The van der Waals surface area contributed by atoms with Crippen molar-refractivity contribution in [3.63, 3.8) is 0 Å². The number of benzene rings is 1. The molecule has 0 saturated heterocycles. The predicted molar refractivity (Wildman–Crippen MR) is 83.6 cm³/mol. The van der Waals surface area contributed by atoms with Gasteiger partial charge in [0.15, 0.2) is 11.5 Å². The molecule has 0 unspecified atom stereocenters. The second-order valence-electron chi connectivity index (χ2n) is 4.38. The molecule has 1 aromatic carbocycles. The van der Waals surface area contributed by atoms with E-state index in [0.717, 1.165) is 0 Å². The maximum absolute atomic E-state index is 12.0. The Kier molecular flexibility index (Phi) is 5.24. The Balaban J connectivity index is 2.03. The first-order valence-corrected chi connectivity index (χ1v) is 6.58. The number of furan rings is 1. The summed E-state index contributed by atoms with van der Waals surface area (Å²) in [6.45, 7) is 1.42. The topological polar surface area (TPSA) is 116 Å². The minimum atomic E-state index is -0.660. The van der Waals surface area contributed by atoms with E-state index >= 15 is 0 Å². The summed E-state index contributed by atoms with van der Waals surface area (Å²) in [6, 6.07) is 11.7. The Morgan fingerprint density at radius 2 is 1.87 bits per heavy atom. The Morgan fingerprint density at radius 3 is 2.48 bits per heavy atom. The van der Waals surface area contributed by atoms with Crippen LogP contribution in [0.25, 0.3) is 0 Å². The zero-order chi connectivity index (χ0) is 16.7. The van der Waals surface area contributed by atoms with Gasteiger partial charge in [0.2, 0.25) is 0 Å². The van der Waals surface area contributed by atoms with Gasteiger partial charge in [-0.25, -0.2) is 5.43 Å². The molecule has 2 aromatic rings. The fraction of sp³-hybridized carbons (Fsp3) is 0.0667. The van der Waals surface area contributed by atoms with Crippen LogP contribution in [0.5, 0.6) is 0 Å². The molecule has 0 bridgehead atoms. The van der Waals surface area contributed by atoms with E-state index in [2.05, 4.69) is 21.0 Å². The Morgan fingerprint density at radius 1 is 1.13 bits per heavy atom. The van der Waals surface area contributed by atoms with Gasteiger partial charge in [0.1, 0.15) is 0 Å². The van der Waals surface area contributed by atoms with E-state index in [9.17, 15) is 9.59 Å². The van der Waals surface area contributed by atoms with Crippen LogP contribution in [0.1, 0.15) is 17.5 Å². The summed E-state index contributed by atoms with van der Waals surface area (Å²) in [5.74, 6) is -1.18. The highest BCUT2D eigenvalue weighted by atomic mass is 16.4. The average Bonchev–Trinajstić information content (AvgIpc) is 3.08. The van der Waals surface area contributed by atoms with E-state index in [0.29, 0.717) is 5.69 Å². The van der Waals surface area contributed by atoms with Gasteiger partial charge in [-0.3, -0.25) is 9.59 Å². The number of nitrogens with zero attached hydrogens (tertiary/aromatic N) is 2. The first-order chi connectivity index (χ1) is 11.1. The van der Waals surface area contributed by atoms with Crippen LogP contribution >= 0.6 is 0 Å². The number of amides is 2. The predicted octanol–water partition coefficient (Wildman–Crippen LogP) is 1.85. The van der Waals surface area contributed by atoms with Gasteiger partial charge in [-0.05, 0) is 31.2 Å². The van der Waals surface area contributed by atoms with Crippen LogP contribution in [-0.4, -0.2) is 28.4 Å². The lowest BCUT2D eigenvalue weighted by Crippen LogP contribution is -2.31. The molecule has 0 atom stereocenters. The number of carbonyl (C=O) groups is 2. The molecule has 2 amide bonds. The van der Waals surface area contributed by atoms with Crippen molar-refractivity contribution in [2.24, 2.45) is 10.3 Å². The number of hydrogen-bond donors (Lipinski definition) is 3. The summed E-state index contributed by atoms with van der Waals surface area (Å²) < 4.78 is 4.90. The van der Waals surface area contributed by atoms with Gasteiger partial charge in [-0.15, -0.1) is 0 Å². The summed E-state index contributed by atoms with van der Waals surface area (Å²) in [6.07, 6.45) is 1.35. The van der Waals surface area contributed by atoms with Crippen LogP contribution in [0, 0.1) is 0 Å². The van der Waals surface area contributed by atoms with Crippen molar-refractivity contribution >= 4 is 28.9 Å². The summed E-state index contributed by atoms with van der Waals surface area (Å²) in [5, 5.41) is 18.2. The molecular formula is C15H14N4O4. The maximum atomic E-state index is 12.0. The van der Waals surface area contributed by atoms with Crippen molar-refractivity contribution in [1.29, 1.82) is 0 Å². The molecule has 3 N–H and O–H groups in total. The monoisotopic (exact) mass is 314 g/mol. The molecule has 0 aliphatic heterocycles. The molecule has 0 aliphatic rings. The largest absolute Gasteiger partial charge is 0.459 e. The van der Waals surface area contributed by atoms with Crippen molar-refractivity contribution < 1.29 is 19.2 Å². The first kappa shape index (κ1) is 16.0. The zero-order valence-electron chi connectivity index (χ0n) is 12.2. The molecule has 0 radical (unpaired) electrons. The third-order valence-electron chi connectivity index (χ3n) is 2.76. The maximum Gasteiger partial charge on any atom is 0.307 e. The number of hydrogen-bond acceptors (Lipinski definition) is 6. The van der Waals surface area contributed by atoms with Gasteiger partial charge in [-0.1, -0.05) is 23.4 Å². The van der Waals surface area contributed by atoms with Gasteiger partial charge >= 0.3 is 5.91 Å². The highest BCUT2D eigenvalue weighted by Gasteiger charge is 2.17. The average molecular weight is 314 g/mol. The van der Waals surface area contributed by atoms with E-state index < -0.39 is 11.8 Å². The Hall–Kier alpha value is -3.42. The molecule has 1 aromatic heterocycles. The molecule has 0 saturated carbocycles. The summed E-state index contributed by atoms with van der Waals surface area (Å²) in [7, 11) is 0. The van der Waals surface area contributed by atoms with Crippen LogP contribution in [0.3, 0.4) is 0 Å². The van der Waals surface area contributed by atoms with Gasteiger partial charge < -0.3 is 14.9 Å². The van der Waals surface area contributed by atoms with Gasteiger partial charge in [0.25, 0.3) is 5.91 Å². The molecule has 8 heteroatoms. The van der Waals surface area contributed by atoms with E-state index in [4.69, 9.17) is 9.62 Å². The lowest BCUT2D eigenvalue weighted by atomic mass is 10.2. The number of para-hydroxylation sites is 1. The third kappa shape index (κ3) is 4.27. The number of rotatable bonds is 5. The van der Waals surface area contributed by atoms with Crippen LogP contribution < -0.4 is 10.7 Å². The minimum absolute atomic E-state index is 0.0286. The molecule has 0 fully saturated rings. The van der Waals surface area contributed by atoms with Crippen molar-refractivity contribution in [3.05, 3.63) is 54.5 Å². The van der Waals surface area contributed by atoms with Crippen LogP contribution in [0.4, 0.5) is 5.69 Å². The second kappa shape index (κ2) is 7.55. The molecule has 2 rings (SSSR count). The van der Waals surface area contributed by atoms with Crippen LogP contribution in [0.15, 0.2) is 63.4 Å². The first-order valence-electron chi connectivity index (χ1n) is 6.58. The smallest absolute Gasteiger partial charge is 0.307 e. The second-order valence-corrected chi connectivity index (χ2v) is 4.38. The summed E-state index contributed by atoms with van der Waals surface area (Å²) >= 11 is 0.